The number of hydrogen-bond donors (Lipinski definition) is 1. The number of benzene rings is 1. The molecule has 122 valence electrons. The number of carbonyl (C=O) groups is 2. The zero-order chi connectivity index (χ0) is 16.2. The molecule has 1 unspecified atom stereocenters. The summed E-state index contributed by atoms with van der Waals surface area (Å²) in [5, 5.41) is 8.27. The van der Waals surface area contributed by atoms with Crippen LogP contribution in [0.4, 0.5) is 0 Å². The molecule has 0 radical (unpaired) electrons. The Morgan fingerprint density at radius 3 is 2.57 bits per heavy atom. The van der Waals surface area contributed by atoms with E-state index in [1.165, 1.54) is 4.90 Å². The van der Waals surface area contributed by atoms with Gasteiger partial charge in [0.25, 0.3) is 0 Å². The Bertz CT molecular complexity index is 596. The third kappa shape index (κ3) is 3.42. The second kappa shape index (κ2) is 6.91. The third-order valence-electron chi connectivity index (χ3n) is 4.39. The number of morpholine rings is 1. The van der Waals surface area contributed by atoms with E-state index in [0.29, 0.717) is 45.1 Å². The number of amides is 2. The first kappa shape index (κ1) is 15.7. The van der Waals surface area contributed by atoms with Gasteiger partial charge in [-0.3, -0.25) is 19.9 Å². The molecule has 3 rings (SSSR count). The van der Waals surface area contributed by atoms with Gasteiger partial charge in [0.05, 0.1) is 25.6 Å². The molecule has 2 heterocycles. The van der Waals surface area contributed by atoms with Crippen molar-refractivity contribution < 1.29 is 14.3 Å². The summed E-state index contributed by atoms with van der Waals surface area (Å²) < 4.78 is 5.28. The molecule has 1 N–H and O–H groups in total. The highest BCUT2D eigenvalue weighted by Crippen LogP contribution is 2.22. The van der Waals surface area contributed by atoms with Gasteiger partial charge in [0.2, 0.25) is 11.8 Å². The molecule has 2 fully saturated rings. The van der Waals surface area contributed by atoms with Crippen molar-refractivity contribution >= 4 is 17.6 Å². The minimum atomic E-state index is -0.493. The Hall–Kier alpha value is -2.21. The van der Waals surface area contributed by atoms with Crippen LogP contribution in [-0.2, 0) is 20.7 Å². The lowest BCUT2D eigenvalue weighted by Gasteiger charge is -2.31. The first-order chi connectivity index (χ1) is 11.2. The molecule has 0 bridgehead atoms. The quantitative estimate of drug-likeness (QED) is 0.665. The molecular formula is C17H21N3O3. The minimum Gasteiger partial charge on any atom is -0.378 e. The Balaban J connectivity index is 1.61. The number of carbonyl (C=O) groups excluding carboxylic acids is 2. The predicted molar refractivity (Wildman–Crippen MR) is 85.1 cm³/mol. The zero-order valence-corrected chi connectivity index (χ0v) is 13.0. The number of nitrogens with one attached hydrogen (secondary N) is 1. The molecule has 2 amide bonds. The van der Waals surface area contributed by atoms with Crippen LogP contribution in [0.2, 0.25) is 0 Å². The molecule has 6 heteroatoms. The maximum Gasteiger partial charge on any atom is 0.239 e. The van der Waals surface area contributed by atoms with Gasteiger partial charge < -0.3 is 9.64 Å². The van der Waals surface area contributed by atoms with Gasteiger partial charge in [-0.1, -0.05) is 30.3 Å². The summed E-state index contributed by atoms with van der Waals surface area (Å²) in [6, 6.07) is 9.42. The summed E-state index contributed by atoms with van der Waals surface area (Å²) in [5.41, 5.74) is 0.900. The largest absolute Gasteiger partial charge is 0.378 e. The van der Waals surface area contributed by atoms with Crippen molar-refractivity contribution in [3.63, 3.8) is 0 Å². The molecule has 1 aromatic carbocycles. The van der Waals surface area contributed by atoms with Gasteiger partial charge in [-0.15, -0.1) is 0 Å². The van der Waals surface area contributed by atoms with Crippen LogP contribution in [0, 0.1) is 11.3 Å². The van der Waals surface area contributed by atoms with Crippen molar-refractivity contribution in [2.24, 2.45) is 5.92 Å². The number of rotatable bonds is 3. The SMILES string of the molecule is N=C(C1CCN(C(=O)Cc2ccccc2)C1=O)N1CCOCC1. The predicted octanol–water partition coefficient (Wildman–Crippen LogP) is 0.914. The number of likely N-dealkylation sites (tertiary alicyclic amines) is 1. The van der Waals surface area contributed by atoms with Crippen LogP contribution in [0.1, 0.15) is 12.0 Å². The fraction of sp³-hybridized carbons (Fsp3) is 0.471. The van der Waals surface area contributed by atoms with Crippen LogP contribution < -0.4 is 0 Å². The van der Waals surface area contributed by atoms with Crippen LogP contribution in [0.3, 0.4) is 0 Å². The standard InChI is InChI=1S/C17H21N3O3/c18-16(19-8-10-23-11-9-19)14-6-7-20(17(14)22)15(21)12-13-4-2-1-3-5-13/h1-5,14,18H,6-12H2. The van der Waals surface area contributed by atoms with Gasteiger partial charge in [-0.05, 0) is 12.0 Å². The summed E-state index contributed by atoms with van der Waals surface area (Å²) in [5.74, 6) is -0.581. The number of imide groups is 1. The smallest absolute Gasteiger partial charge is 0.239 e. The minimum absolute atomic E-state index is 0.182. The molecule has 2 aliphatic rings. The lowest BCUT2D eigenvalue weighted by Crippen LogP contribution is -2.46. The van der Waals surface area contributed by atoms with E-state index in [0.717, 1.165) is 5.56 Å². The summed E-state index contributed by atoms with van der Waals surface area (Å²) in [6.07, 6.45) is 0.764. The molecule has 2 saturated heterocycles. The lowest BCUT2D eigenvalue weighted by molar-refractivity contribution is -0.142. The highest BCUT2D eigenvalue weighted by molar-refractivity contribution is 6.09. The first-order valence-corrected chi connectivity index (χ1v) is 7.96. The fourth-order valence-electron chi connectivity index (χ4n) is 3.07. The molecule has 2 aliphatic heterocycles. The zero-order valence-electron chi connectivity index (χ0n) is 13.0. The second-order valence-electron chi connectivity index (χ2n) is 5.87. The molecule has 0 spiro atoms. The van der Waals surface area contributed by atoms with Crippen LogP contribution in [0.5, 0.6) is 0 Å². The van der Waals surface area contributed by atoms with Gasteiger partial charge in [-0.25, -0.2) is 0 Å². The molecule has 1 aromatic rings. The Morgan fingerprint density at radius 2 is 1.87 bits per heavy atom. The number of ether oxygens (including phenoxy) is 1. The average Bonchev–Trinajstić information content (AvgIpc) is 2.97. The molecule has 0 saturated carbocycles. The van der Waals surface area contributed by atoms with E-state index in [9.17, 15) is 9.59 Å². The second-order valence-corrected chi connectivity index (χ2v) is 5.87. The van der Waals surface area contributed by atoms with Crippen LogP contribution in [0.15, 0.2) is 30.3 Å². The van der Waals surface area contributed by atoms with Crippen molar-refractivity contribution in [1.29, 1.82) is 5.41 Å². The molecule has 0 aliphatic carbocycles. The van der Waals surface area contributed by atoms with E-state index in [-0.39, 0.29) is 18.2 Å². The Kier molecular flexibility index (Phi) is 4.71. The maximum atomic E-state index is 12.5. The van der Waals surface area contributed by atoms with Gasteiger partial charge >= 0.3 is 0 Å². The summed E-state index contributed by atoms with van der Waals surface area (Å²) >= 11 is 0. The average molecular weight is 315 g/mol. The summed E-state index contributed by atoms with van der Waals surface area (Å²) in [4.78, 5) is 28.1. The van der Waals surface area contributed by atoms with Crippen molar-refractivity contribution in [2.75, 3.05) is 32.8 Å². The van der Waals surface area contributed by atoms with Crippen molar-refractivity contribution in [3.8, 4) is 0 Å². The monoisotopic (exact) mass is 315 g/mol. The molecule has 23 heavy (non-hydrogen) atoms. The van der Waals surface area contributed by atoms with Crippen LogP contribution in [0.25, 0.3) is 0 Å². The van der Waals surface area contributed by atoms with E-state index in [1.54, 1.807) is 0 Å². The van der Waals surface area contributed by atoms with E-state index >= 15 is 0 Å². The number of nitrogens with zero attached hydrogens (tertiary/aromatic N) is 2. The molecule has 0 aromatic heterocycles. The van der Waals surface area contributed by atoms with Gasteiger partial charge in [0.15, 0.2) is 0 Å². The van der Waals surface area contributed by atoms with E-state index in [2.05, 4.69) is 0 Å². The van der Waals surface area contributed by atoms with Crippen molar-refractivity contribution in [3.05, 3.63) is 35.9 Å². The maximum absolute atomic E-state index is 12.5. The Labute approximate surface area is 135 Å². The summed E-state index contributed by atoms with van der Waals surface area (Å²) in [6.45, 7) is 2.85. The van der Waals surface area contributed by atoms with Gasteiger partial charge in [0, 0.05) is 19.6 Å². The first-order valence-electron chi connectivity index (χ1n) is 7.96. The van der Waals surface area contributed by atoms with E-state index < -0.39 is 5.92 Å². The highest BCUT2D eigenvalue weighted by Gasteiger charge is 2.39. The van der Waals surface area contributed by atoms with Crippen molar-refractivity contribution in [1.82, 2.24) is 9.80 Å². The normalized spacial score (nSPS) is 21.6. The lowest BCUT2D eigenvalue weighted by atomic mass is 10.1. The Morgan fingerprint density at radius 1 is 1.17 bits per heavy atom. The van der Waals surface area contributed by atoms with Gasteiger partial charge in [-0.2, -0.15) is 0 Å². The molecule has 1 atom stereocenters. The molecule has 6 nitrogen and oxygen atoms in total. The third-order valence-corrected chi connectivity index (χ3v) is 4.39. The topological polar surface area (TPSA) is 73.7 Å². The van der Waals surface area contributed by atoms with Crippen LogP contribution in [-0.4, -0.2) is 60.3 Å². The van der Waals surface area contributed by atoms with Crippen LogP contribution >= 0.6 is 0 Å². The van der Waals surface area contributed by atoms with Gasteiger partial charge in [0.1, 0.15) is 5.84 Å². The summed E-state index contributed by atoms with van der Waals surface area (Å²) in [7, 11) is 0. The fourth-order valence-corrected chi connectivity index (χ4v) is 3.07. The van der Waals surface area contributed by atoms with E-state index in [4.69, 9.17) is 10.1 Å². The highest BCUT2D eigenvalue weighted by atomic mass is 16.5. The number of hydrogen-bond acceptors (Lipinski definition) is 4. The molecular weight excluding hydrogens is 294 g/mol. The number of amidine groups is 1. The van der Waals surface area contributed by atoms with Crippen molar-refractivity contribution in [2.45, 2.75) is 12.8 Å². The van der Waals surface area contributed by atoms with E-state index in [1.807, 2.05) is 35.2 Å².